The molecular weight excluding hydrogens is 472 g/mol. The first-order chi connectivity index (χ1) is 17.6. The Labute approximate surface area is 213 Å². The van der Waals surface area contributed by atoms with E-state index >= 15 is 0 Å². The molecule has 0 spiro atoms. The van der Waals surface area contributed by atoms with Gasteiger partial charge in [-0.15, -0.1) is 11.8 Å². The third kappa shape index (κ3) is 4.99. The number of thioether (sulfide) groups is 1. The molecule has 0 radical (unpaired) electrons. The molecule has 1 atom stereocenters. The van der Waals surface area contributed by atoms with Crippen molar-refractivity contribution in [1.82, 2.24) is 20.8 Å². The Morgan fingerprint density at radius 1 is 1.06 bits per heavy atom. The van der Waals surface area contributed by atoms with Crippen LogP contribution in [0.1, 0.15) is 38.0 Å². The van der Waals surface area contributed by atoms with Gasteiger partial charge in [-0.2, -0.15) is 5.10 Å². The normalized spacial score (nSPS) is 14.6. The van der Waals surface area contributed by atoms with Crippen LogP contribution in [0.4, 0.5) is 0 Å². The SMILES string of the molecule is COc1ccc(-c2c(SCCNC(=O)c3ccccc3)n[nH]c2C2Cc3ccccc3C(=O)N2)cc1. The molecule has 0 aliphatic carbocycles. The van der Waals surface area contributed by atoms with Crippen molar-refractivity contribution < 1.29 is 14.3 Å². The van der Waals surface area contributed by atoms with Gasteiger partial charge >= 0.3 is 0 Å². The molecule has 182 valence electrons. The number of fused-ring (bicyclic) bond motifs is 1. The number of carbonyl (C=O) groups excluding carboxylic acids is 2. The average molecular weight is 499 g/mol. The van der Waals surface area contributed by atoms with Crippen molar-refractivity contribution in [2.24, 2.45) is 0 Å². The second kappa shape index (κ2) is 10.7. The van der Waals surface area contributed by atoms with Crippen LogP contribution in [0, 0.1) is 0 Å². The van der Waals surface area contributed by atoms with E-state index in [0.717, 1.165) is 33.2 Å². The molecule has 36 heavy (non-hydrogen) atoms. The second-order valence-corrected chi connectivity index (χ2v) is 9.49. The number of nitrogens with one attached hydrogen (secondary N) is 3. The van der Waals surface area contributed by atoms with Crippen LogP contribution >= 0.6 is 11.8 Å². The summed E-state index contributed by atoms with van der Waals surface area (Å²) in [7, 11) is 1.64. The van der Waals surface area contributed by atoms with Gasteiger partial charge in [0.25, 0.3) is 11.8 Å². The minimum Gasteiger partial charge on any atom is -0.497 e. The molecule has 4 aromatic rings. The van der Waals surface area contributed by atoms with Crippen LogP contribution in [0.25, 0.3) is 11.1 Å². The van der Waals surface area contributed by atoms with Crippen LogP contribution in [0.2, 0.25) is 0 Å². The molecule has 3 aromatic carbocycles. The summed E-state index contributed by atoms with van der Waals surface area (Å²) in [5.41, 5.74) is 5.14. The fraction of sp³-hybridized carbons (Fsp3) is 0.179. The molecule has 0 saturated heterocycles. The van der Waals surface area contributed by atoms with Crippen LogP contribution in [0.15, 0.2) is 83.9 Å². The molecule has 2 heterocycles. The summed E-state index contributed by atoms with van der Waals surface area (Å²) < 4.78 is 5.33. The number of nitrogens with zero attached hydrogens (tertiary/aromatic N) is 1. The molecule has 1 aliphatic heterocycles. The first-order valence-corrected chi connectivity index (χ1v) is 12.7. The zero-order chi connectivity index (χ0) is 24.9. The van der Waals surface area contributed by atoms with Crippen molar-refractivity contribution >= 4 is 23.6 Å². The van der Waals surface area contributed by atoms with E-state index in [4.69, 9.17) is 4.74 Å². The lowest BCUT2D eigenvalue weighted by Gasteiger charge is -2.25. The third-order valence-corrected chi connectivity index (χ3v) is 7.12. The Balaban J connectivity index is 1.37. The summed E-state index contributed by atoms with van der Waals surface area (Å²) in [5.74, 6) is 1.22. The third-order valence-electron chi connectivity index (χ3n) is 6.14. The number of hydrogen-bond acceptors (Lipinski definition) is 5. The quantitative estimate of drug-likeness (QED) is 0.243. The van der Waals surface area contributed by atoms with Gasteiger partial charge < -0.3 is 15.4 Å². The lowest BCUT2D eigenvalue weighted by atomic mass is 9.91. The summed E-state index contributed by atoms with van der Waals surface area (Å²) in [6.07, 6.45) is 0.671. The first-order valence-electron chi connectivity index (χ1n) is 11.7. The Kier molecular flexibility index (Phi) is 7.04. The monoisotopic (exact) mass is 498 g/mol. The topological polar surface area (TPSA) is 96.1 Å². The maximum Gasteiger partial charge on any atom is 0.252 e. The summed E-state index contributed by atoms with van der Waals surface area (Å²) in [5, 5.41) is 14.7. The van der Waals surface area contributed by atoms with E-state index in [1.807, 2.05) is 66.7 Å². The number of benzene rings is 3. The zero-order valence-electron chi connectivity index (χ0n) is 19.8. The van der Waals surface area contributed by atoms with E-state index in [2.05, 4.69) is 20.8 Å². The number of aromatic nitrogens is 2. The van der Waals surface area contributed by atoms with E-state index in [1.165, 1.54) is 0 Å². The molecule has 1 unspecified atom stereocenters. The zero-order valence-corrected chi connectivity index (χ0v) is 20.6. The summed E-state index contributed by atoms with van der Waals surface area (Å²) in [4.78, 5) is 25.1. The molecule has 5 rings (SSSR count). The highest BCUT2D eigenvalue weighted by molar-refractivity contribution is 7.99. The number of amides is 2. The molecule has 1 aromatic heterocycles. The standard InChI is InChI=1S/C28H26N4O3S/c1-35-21-13-11-18(12-14-21)24-25(23-17-20-9-5-6-10-22(20)27(34)30-23)31-32-28(24)36-16-15-29-26(33)19-7-3-2-4-8-19/h2-14,23H,15-17H2,1H3,(H,29,33)(H,30,34)(H,31,32). The molecule has 7 nitrogen and oxygen atoms in total. The predicted molar refractivity (Wildman–Crippen MR) is 140 cm³/mol. The summed E-state index contributed by atoms with van der Waals surface area (Å²) in [6.45, 7) is 0.496. The lowest BCUT2D eigenvalue weighted by molar-refractivity contribution is 0.0922. The number of H-pyrrole nitrogens is 1. The molecule has 8 heteroatoms. The van der Waals surface area contributed by atoms with Crippen molar-refractivity contribution in [1.29, 1.82) is 0 Å². The smallest absolute Gasteiger partial charge is 0.252 e. The van der Waals surface area contributed by atoms with Crippen LogP contribution in [-0.2, 0) is 6.42 Å². The Morgan fingerprint density at radius 3 is 2.58 bits per heavy atom. The van der Waals surface area contributed by atoms with Gasteiger partial charge in [-0.1, -0.05) is 48.5 Å². The number of methoxy groups -OCH3 is 1. The number of hydrogen-bond donors (Lipinski definition) is 3. The molecule has 3 N–H and O–H groups in total. The minimum atomic E-state index is -0.232. The summed E-state index contributed by atoms with van der Waals surface area (Å²) in [6, 6.07) is 24.4. The highest BCUT2D eigenvalue weighted by Crippen LogP contribution is 2.38. The Hall–Kier alpha value is -4.04. The van der Waals surface area contributed by atoms with E-state index in [0.29, 0.717) is 29.8 Å². The van der Waals surface area contributed by atoms with E-state index in [-0.39, 0.29) is 17.9 Å². The maximum atomic E-state index is 12.8. The van der Waals surface area contributed by atoms with E-state index in [1.54, 1.807) is 31.0 Å². The first kappa shape index (κ1) is 23.7. The second-order valence-electron chi connectivity index (χ2n) is 8.40. The van der Waals surface area contributed by atoms with Gasteiger partial charge in [-0.25, -0.2) is 0 Å². The average Bonchev–Trinajstić information content (AvgIpc) is 3.35. The lowest BCUT2D eigenvalue weighted by Crippen LogP contribution is -2.35. The predicted octanol–water partition coefficient (Wildman–Crippen LogP) is 4.63. The fourth-order valence-electron chi connectivity index (χ4n) is 4.34. The summed E-state index contributed by atoms with van der Waals surface area (Å²) >= 11 is 1.56. The van der Waals surface area contributed by atoms with Crippen molar-refractivity contribution in [3.05, 3.63) is 101 Å². The van der Waals surface area contributed by atoms with Crippen molar-refractivity contribution in [2.75, 3.05) is 19.4 Å². The fourth-order valence-corrected chi connectivity index (χ4v) is 5.22. The number of aromatic amines is 1. The Morgan fingerprint density at radius 2 is 1.81 bits per heavy atom. The van der Waals surface area contributed by atoms with Crippen LogP contribution in [0.5, 0.6) is 5.75 Å². The van der Waals surface area contributed by atoms with Crippen LogP contribution in [0.3, 0.4) is 0 Å². The molecule has 1 aliphatic rings. The highest BCUT2D eigenvalue weighted by Gasteiger charge is 2.29. The molecule has 2 amide bonds. The minimum absolute atomic E-state index is 0.0880. The van der Waals surface area contributed by atoms with Gasteiger partial charge in [0.05, 0.1) is 18.8 Å². The molecule has 0 bridgehead atoms. The highest BCUT2D eigenvalue weighted by atomic mass is 32.2. The van der Waals surface area contributed by atoms with Crippen LogP contribution < -0.4 is 15.4 Å². The molecule has 0 fully saturated rings. The van der Waals surface area contributed by atoms with E-state index < -0.39 is 0 Å². The molecule has 0 saturated carbocycles. The number of rotatable bonds is 8. The van der Waals surface area contributed by atoms with Gasteiger partial charge in [0, 0.05) is 29.0 Å². The maximum absolute atomic E-state index is 12.8. The van der Waals surface area contributed by atoms with Gasteiger partial charge in [-0.05, 0) is 47.9 Å². The van der Waals surface area contributed by atoms with Gasteiger partial charge in [0.1, 0.15) is 10.8 Å². The van der Waals surface area contributed by atoms with Gasteiger partial charge in [0.15, 0.2) is 0 Å². The van der Waals surface area contributed by atoms with Crippen LogP contribution in [-0.4, -0.2) is 41.4 Å². The Bertz CT molecular complexity index is 1370. The van der Waals surface area contributed by atoms with Crippen molar-refractivity contribution in [3.8, 4) is 16.9 Å². The van der Waals surface area contributed by atoms with Crippen molar-refractivity contribution in [2.45, 2.75) is 17.5 Å². The largest absolute Gasteiger partial charge is 0.497 e. The van der Waals surface area contributed by atoms with E-state index in [9.17, 15) is 9.59 Å². The number of carbonyl (C=O) groups is 2. The van der Waals surface area contributed by atoms with Gasteiger partial charge in [-0.3, -0.25) is 14.7 Å². The number of ether oxygens (including phenoxy) is 1. The molecular formula is C28H26N4O3S. The van der Waals surface area contributed by atoms with Crippen molar-refractivity contribution in [3.63, 3.8) is 0 Å². The van der Waals surface area contributed by atoms with Gasteiger partial charge in [0.2, 0.25) is 0 Å².